The molecule has 0 aliphatic rings. The van der Waals surface area contributed by atoms with E-state index in [9.17, 15) is 4.79 Å². The molecule has 1 heterocycles. The monoisotopic (exact) mass is 393 g/mol. The van der Waals surface area contributed by atoms with Crippen molar-refractivity contribution in [2.45, 2.75) is 6.54 Å². The lowest BCUT2D eigenvalue weighted by atomic mass is 10.2. The second-order valence-corrected chi connectivity index (χ2v) is 6.13. The van der Waals surface area contributed by atoms with E-state index in [1.807, 2.05) is 36.4 Å². The summed E-state index contributed by atoms with van der Waals surface area (Å²) in [5.41, 5.74) is 2.17. The number of methoxy groups -OCH3 is 3. The summed E-state index contributed by atoms with van der Waals surface area (Å²) < 4.78 is 15.8. The minimum absolute atomic E-state index is 0.212. The maximum atomic E-state index is 12.4. The number of ether oxygens (including phenoxy) is 3. The summed E-state index contributed by atoms with van der Waals surface area (Å²) in [6.45, 7) is 0.362. The van der Waals surface area contributed by atoms with Crippen LogP contribution in [0.15, 0.2) is 60.8 Å². The molecule has 0 bridgehead atoms. The predicted octanol–water partition coefficient (Wildman–Crippen LogP) is 3.78. The van der Waals surface area contributed by atoms with Crippen molar-refractivity contribution in [1.82, 2.24) is 10.3 Å². The van der Waals surface area contributed by atoms with Gasteiger partial charge in [0, 0.05) is 12.7 Å². The molecule has 3 rings (SSSR count). The highest BCUT2D eigenvalue weighted by atomic mass is 16.5. The molecule has 0 aliphatic heterocycles. The summed E-state index contributed by atoms with van der Waals surface area (Å²) in [6.07, 6.45) is 1.53. The van der Waals surface area contributed by atoms with Gasteiger partial charge in [0.25, 0.3) is 5.91 Å². The van der Waals surface area contributed by atoms with Crippen LogP contribution in [-0.2, 0) is 6.54 Å². The topological polar surface area (TPSA) is 81.7 Å². The average Bonchev–Trinajstić information content (AvgIpc) is 2.78. The Balaban J connectivity index is 1.62. The molecule has 7 nitrogen and oxygen atoms in total. The van der Waals surface area contributed by atoms with Gasteiger partial charge in [-0.05, 0) is 42.0 Å². The number of rotatable bonds is 8. The standard InChI is InChI=1S/C22H23N3O4/c1-27-18-7-5-4-6-17(18)25-21-11-9-16(14-23-21)22(26)24-13-15-8-10-19(28-2)20(12-15)29-3/h4-12,14H,13H2,1-3H3,(H,23,25)(H,24,26). The fraction of sp³-hybridized carbons (Fsp3) is 0.182. The molecule has 150 valence electrons. The van der Waals surface area contributed by atoms with Crippen molar-refractivity contribution in [3.8, 4) is 17.2 Å². The number of hydrogen-bond donors (Lipinski definition) is 2. The Hall–Kier alpha value is -3.74. The van der Waals surface area contributed by atoms with Crippen LogP contribution in [0.3, 0.4) is 0 Å². The molecule has 29 heavy (non-hydrogen) atoms. The summed E-state index contributed by atoms with van der Waals surface area (Å²) in [7, 11) is 4.77. The van der Waals surface area contributed by atoms with Crippen LogP contribution in [0.5, 0.6) is 17.2 Å². The van der Waals surface area contributed by atoms with E-state index in [2.05, 4.69) is 15.6 Å². The first-order chi connectivity index (χ1) is 14.1. The molecule has 0 spiro atoms. The van der Waals surface area contributed by atoms with E-state index >= 15 is 0 Å². The highest BCUT2D eigenvalue weighted by Crippen LogP contribution is 2.28. The number of carbonyl (C=O) groups is 1. The Morgan fingerprint density at radius 3 is 2.34 bits per heavy atom. The van der Waals surface area contributed by atoms with E-state index in [1.54, 1.807) is 39.5 Å². The van der Waals surface area contributed by atoms with Gasteiger partial charge in [-0.3, -0.25) is 4.79 Å². The van der Waals surface area contributed by atoms with Crippen LogP contribution >= 0.6 is 0 Å². The third kappa shape index (κ3) is 4.95. The Kier molecular flexibility index (Phi) is 6.52. The second-order valence-electron chi connectivity index (χ2n) is 6.13. The van der Waals surface area contributed by atoms with Gasteiger partial charge in [0.1, 0.15) is 11.6 Å². The van der Waals surface area contributed by atoms with Crippen LogP contribution < -0.4 is 24.8 Å². The minimum Gasteiger partial charge on any atom is -0.495 e. The molecule has 0 unspecified atom stereocenters. The third-order valence-corrected chi connectivity index (χ3v) is 4.30. The first-order valence-corrected chi connectivity index (χ1v) is 8.99. The Morgan fingerprint density at radius 2 is 1.66 bits per heavy atom. The van der Waals surface area contributed by atoms with E-state index in [0.717, 1.165) is 11.3 Å². The van der Waals surface area contributed by atoms with E-state index in [4.69, 9.17) is 14.2 Å². The minimum atomic E-state index is -0.212. The highest BCUT2D eigenvalue weighted by Gasteiger charge is 2.09. The fourth-order valence-corrected chi connectivity index (χ4v) is 2.76. The lowest BCUT2D eigenvalue weighted by molar-refractivity contribution is 0.0950. The number of anilines is 2. The van der Waals surface area contributed by atoms with Gasteiger partial charge in [-0.25, -0.2) is 4.98 Å². The lowest BCUT2D eigenvalue weighted by Gasteiger charge is -2.11. The number of carbonyl (C=O) groups excluding carboxylic acids is 1. The molecule has 2 N–H and O–H groups in total. The number of nitrogens with one attached hydrogen (secondary N) is 2. The summed E-state index contributed by atoms with van der Waals surface area (Å²) in [5, 5.41) is 6.05. The maximum absolute atomic E-state index is 12.4. The first-order valence-electron chi connectivity index (χ1n) is 8.99. The number of aromatic nitrogens is 1. The van der Waals surface area contributed by atoms with Crippen LogP contribution in [0.25, 0.3) is 0 Å². The average molecular weight is 393 g/mol. The SMILES string of the molecule is COc1ccccc1Nc1ccc(C(=O)NCc2ccc(OC)c(OC)c2)cn1. The normalized spacial score (nSPS) is 10.2. The van der Waals surface area contributed by atoms with Crippen LogP contribution in [0, 0.1) is 0 Å². The summed E-state index contributed by atoms with van der Waals surface area (Å²) >= 11 is 0. The number of para-hydroxylation sites is 2. The number of hydrogen-bond acceptors (Lipinski definition) is 6. The van der Waals surface area contributed by atoms with Crippen molar-refractivity contribution in [3.63, 3.8) is 0 Å². The van der Waals surface area contributed by atoms with Gasteiger partial charge in [-0.2, -0.15) is 0 Å². The van der Waals surface area contributed by atoms with Crippen molar-refractivity contribution in [1.29, 1.82) is 0 Å². The molecule has 2 aromatic carbocycles. The molecule has 0 atom stereocenters. The smallest absolute Gasteiger partial charge is 0.253 e. The molecule has 0 saturated heterocycles. The number of amides is 1. The second kappa shape index (κ2) is 9.45. The Morgan fingerprint density at radius 1 is 0.897 bits per heavy atom. The van der Waals surface area contributed by atoms with Crippen molar-refractivity contribution in [2.75, 3.05) is 26.6 Å². The van der Waals surface area contributed by atoms with Crippen molar-refractivity contribution in [3.05, 3.63) is 71.9 Å². The molecular weight excluding hydrogens is 370 g/mol. The molecule has 0 fully saturated rings. The van der Waals surface area contributed by atoms with Gasteiger partial charge in [-0.15, -0.1) is 0 Å². The first kappa shape index (κ1) is 20.0. The van der Waals surface area contributed by atoms with Crippen LogP contribution in [0.1, 0.15) is 15.9 Å². The number of nitrogens with zero attached hydrogens (tertiary/aromatic N) is 1. The molecule has 3 aromatic rings. The van der Waals surface area contributed by atoms with Gasteiger partial charge in [0.05, 0.1) is 32.6 Å². The van der Waals surface area contributed by atoms with Crippen LogP contribution in [0.2, 0.25) is 0 Å². The zero-order valence-electron chi connectivity index (χ0n) is 16.6. The van der Waals surface area contributed by atoms with E-state index in [1.165, 1.54) is 6.20 Å². The fourth-order valence-electron chi connectivity index (χ4n) is 2.76. The maximum Gasteiger partial charge on any atom is 0.253 e. The van der Waals surface area contributed by atoms with Gasteiger partial charge >= 0.3 is 0 Å². The van der Waals surface area contributed by atoms with E-state index < -0.39 is 0 Å². The number of benzene rings is 2. The lowest BCUT2D eigenvalue weighted by Crippen LogP contribution is -2.23. The van der Waals surface area contributed by atoms with Gasteiger partial charge in [0.15, 0.2) is 11.5 Å². The summed E-state index contributed by atoms with van der Waals surface area (Å²) in [5.74, 6) is 2.38. The third-order valence-electron chi connectivity index (χ3n) is 4.30. The molecule has 0 saturated carbocycles. The zero-order chi connectivity index (χ0) is 20.6. The van der Waals surface area contributed by atoms with E-state index in [0.29, 0.717) is 35.2 Å². The molecule has 1 amide bonds. The quantitative estimate of drug-likeness (QED) is 0.606. The predicted molar refractivity (Wildman–Crippen MR) is 111 cm³/mol. The van der Waals surface area contributed by atoms with Crippen molar-refractivity contribution >= 4 is 17.4 Å². The molecule has 7 heteroatoms. The Labute approximate surface area is 169 Å². The number of pyridine rings is 1. The molecule has 1 aromatic heterocycles. The van der Waals surface area contributed by atoms with Crippen LogP contribution in [-0.4, -0.2) is 32.2 Å². The van der Waals surface area contributed by atoms with Gasteiger partial charge in [0.2, 0.25) is 0 Å². The van der Waals surface area contributed by atoms with Gasteiger partial charge in [-0.1, -0.05) is 18.2 Å². The van der Waals surface area contributed by atoms with Gasteiger partial charge < -0.3 is 24.8 Å². The zero-order valence-corrected chi connectivity index (χ0v) is 16.6. The molecule has 0 radical (unpaired) electrons. The van der Waals surface area contributed by atoms with Crippen molar-refractivity contribution < 1.29 is 19.0 Å². The largest absolute Gasteiger partial charge is 0.495 e. The van der Waals surface area contributed by atoms with E-state index in [-0.39, 0.29) is 5.91 Å². The highest BCUT2D eigenvalue weighted by molar-refractivity contribution is 5.94. The molecule has 0 aliphatic carbocycles. The Bertz CT molecular complexity index is 974. The summed E-state index contributed by atoms with van der Waals surface area (Å²) in [4.78, 5) is 16.7. The van der Waals surface area contributed by atoms with Crippen molar-refractivity contribution in [2.24, 2.45) is 0 Å². The van der Waals surface area contributed by atoms with Crippen LogP contribution in [0.4, 0.5) is 11.5 Å². The molecular formula is C22H23N3O4. The summed E-state index contributed by atoms with van der Waals surface area (Å²) in [6, 6.07) is 16.5.